The van der Waals surface area contributed by atoms with Gasteiger partial charge in [0.25, 0.3) is 17.3 Å². The maximum atomic E-state index is 12.7. The molecule has 0 bridgehead atoms. The highest BCUT2D eigenvalue weighted by Crippen LogP contribution is 2.35. The number of rotatable bonds is 7. The Morgan fingerprint density at radius 2 is 1.72 bits per heavy atom. The van der Waals surface area contributed by atoms with Gasteiger partial charge in [-0.2, -0.15) is 0 Å². The van der Waals surface area contributed by atoms with Crippen LogP contribution in [-0.2, 0) is 16.0 Å². The minimum Gasteiger partial charge on any atom is -0.493 e. The third-order valence-corrected chi connectivity index (χ3v) is 4.94. The number of nitro benzene ring substituents is 2. The van der Waals surface area contributed by atoms with Crippen molar-refractivity contribution in [3.63, 3.8) is 0 Å². The standard InChI is InChI=1S/C20H19N3O9/c1-30-17-9-14(16(23(28)29)10-18(17)31-2)20(25)32-11-19(24)21-7-3-4-12-8-13(22(26)27)5-6-15(12)21/h5-6,8-10H,3-4,7,11H2,1-2H3. The van der Waals surface area contributed by atoms with Gasteiger partial charge in [0.2, 0.25) is 0 Å². The molecular formula is C20H19N3O9. The zero-order chi connectivity index (χ0) is 23.4. The van der Waals surface area contributed by atoms with E-state index in [1.165, 1.54) is 37.3 Å². The smallest absolute Gasteiger partial charge is 0.345 e. The quantitative estimate of drug-likeness (QED) is 0.356. The molecule has 1 aliphatic rings. The number of hydrogen-bond donors (Lipinski definition) is 0. The second-order valence-electron chi connectivity index (χ2n) is 6.78. The van der Waals surface area contributed by atoms with Crippen LogP contribution >= 0.6 is 0 Å². The highest BCUT2D eigenvalue weighted by atomic mass is 16.6. The minimum absolute atomic E-state index is 0.0610. The number of carbonyl (C=O) groups is 2. The van der Waals surface area contributed by atoms with Gasteiger partial charge in [-0.25, -0.2) is 4.79 Å². The second kappa shape index (κ2) is 9.29. The Bertz CT molecular complexity index is 1100. The molecule has 32 heavy (non-hydrogen) atoms. The van der Waals surface area contributed by atoms with Gasteiger partial charge in [0.15, 0.2) is 18.1 Å². The van der Waals surface area contributed by atoms with Gasteiger partial charge in [-0.1, -0.05) is 0 Å². The molecule has 0 spiro atoms. The molecule has 12 heteroatoms. The van der Waals surface area contributed by atoms with Crippen molar-refractivity contribution in [3.8, 4) is 11.5 Å². The van der Waals surface area contributed by atoms with E-state index in [4.69, 9.17) is 14.2 Å². The van der Waals surface area contributed by atoms with Crippen LogP contribution in [0.25, 0.3) is 0 Å². The van der Waals surface area contributed by atoms with E-state index in [-0.39, 0.29) is 17.2 Å². The van der Waals surface area contributed by atoms with Crippen molar-refractivity contribution in [2.24, 2.45) is 0 Å². The number of fused-ring (bicyclic) bond motifs is 1. The molecule has 0 fully saturated rings. The molecular weight excluding hydrogens is 426 g/mol. The van der Waals surface area contributed by atoms with Crippen LogP contribution in [0.3, 0.4) is 0 Å². The molecule has 0 atom stereocenters. The highest BCUT2D eigenvalue weighted by Gasteiger charge is 2.28. The lowest BCUT2D eigenvalue weighted by Crippen LogP contribution is -2.38. The van der Waals surface area contributed by atoms with Crippen molar-refractivity contribution in [1.29, 1.82) is 0 Å². The first-order valence-electron chi connectivity index (χ1n) is 9.42. The minimum atomic E-state index is -1.08. The molecule has 0 aliphatic carbocycles. The van der Waals surface area contributed by atoms with Gasteiger partial charge in [-0.3, -0.25) is 25.0 Å². The van der Waals surface area contributed by atoms with Gasteiger partial charge in [0.05, 0.1) is 30.1 Å². The summed E-state index contributed by atoms with van der Waals surface area (Å²) >= 11 is 0. The summed E-state index contributed by atoms with van der Waals surface area (Å²) in [6.45, 7) is -0.321. The molecule has 2 aromatic rings. The molecule has 0 radical (unpaired) electrons. The van der Waals surface area contributed by atoms with Crippen LogP contribution < -0.4 is 14.4 Å². The van der Waals surface area contributed by atoms with Crippen molar-refractivity contribution >= 4 is 28.9 Å². The Morgan fingerprint density at radius 3 is 2.34 bits per heavy atom. The zero-order valence-electron chi connectivity index (χ0n) is 17.2. The van der Waals surface area contributed by atoms with Gasteiger partial charge < -0.3 is 19.1 Å². The van der Waals surface area contributed by atoms with Crippen molar-refractivity contribution < 1.29 is 33.6 Å². The average Bonchev–Trinajstić information content (AvgIpc) is 2.80. The summed E-state index contributed by atoms with van der Waals surface area (Å²) in [5.41, 5.74) is 0.108. The number of ether oxygens (including phenoxy) is 3. The van der Waals surface area contributed by atoms with Crippen LogP contribution in [0.2, 0.25) is 0 Å². The topological polar surface area (TPSA) is 151 Å². The van der Waals surface area contributed by atoms with E-state index < -0.39 is 39.6 Å². The van der Waals surface area contributed by atoms with E-state index in [1.54, 1.807) is 0 Å². The maximum absolute atomic E-state index is 12.7. The fourth-order valence-electron chi connectivity index (χ4n) is 3.42. The van der Waals surface area contributed by atoms with Crippen LogP contribution in [0.15, 0.2) is 30.3 Å². The summed E-state index contributed by atoms with van der Waals surface area (Å²) in [4.78, 5) is 47.7. The van der Waals surface area contributed by atoms with E-state index in [0.29, 0.717) is 30.6 Å². The Kier molecular flexibility index (Phi) is 6.52. The van der Waals surface area contributed by atoms with Gasteiger partial charge in [-0.15, -0.1) is 0 Å². The number of methoxy groups -OCH3 is 2. The first-order chi connectivity index (χ1) is 15.3. The first-order valence-corrected chi connectivity index (χ1v) is 9.42. The van der Waals surface area contributed by atoms with Crippen molar-refractivity contribution in [2.45, 2.75) is 12.8 Å². The predicted octanol–water partition coefficient (Wildman–Crippen LogP) is 2.66. The fourth-order valence-corrected chi connectivity index (χ4v) is 3.42. The lowest BCUT2D eigenvalue weighted by atomic mass is 10.0. The zero-order valence-corrected chi connectivity index (χ0v) is 17.2. The van der Waals surface area contributed by atoms with E-state index in [9.17, 15) is 29.8 Å². The van der Waals surface area contributed by atoms with E-state index >= 15 is 0 Å². The number of carbonyl (C=O) groups excluding carboxylic acids is 2. The van der Waals surface area contributed by atoms with Crippen LogP contribution in [-0.4, -0.2) is 49.1 Å². The van der Waals surface area contributed by atoms with Crippen molar-refractivity contribution in [1.82, 2.24) is 0 Å². The molecule has 0 saturated carbocycles. The predicted molar refractivity (Wildman–Crippen MR) is 110 cm³/mol. The number of anilines is 1. The molecule has 0 aromatic heterocycles. The summed E-state index contributed by atoms with van der Waals surface area (Å²) in [5, 5.41) is 22.3. The number of amides is 1. The normalized spacial score (nSPS) is 12.5. The maximum Gasteiger partial charge on any atom is 0.345 e. The molecule has 168 valence electrons. The third kappa shape index (κ3) is 4.43. The molecule has 2 aromatic carbocycles. The number of nitrogens with zero attached hydrogens (tertiary/aromatic N) is 3. The van der Waals surface area contributed by atoms with Crippen LogP contribution in [0.1, 0.15) is 22.3 Å². The number of aryl methyl sites for hydroxylation is 1. The monoisotopic (exact) mass is 445 g/mol. The number of hydrogen-bond acceptors (Lipinski definition) is 9. The summed E-state index contributed by atoms with van der Waals surface area (Å²) in [5.74, 6) is -1.49. The summed E-state index contributed by atoms with van der Waals surface area (Å²) < 4.78 is 15.1. The summed E-state index contributed by atoms with van der Waals surface area (Å²) in [7, 11) is 2.60. The van der Waals surface area contributed by atoms with Crippen LogP contribution in [0.4, 0.5) is 17.1 Å². The van der Waals surface area contributed by atoms with E-state index in [0.717, 1.165) is 12.1 Å². The average molecular weight is 445 g/mol. The SMILES string of the molecule is COc1cc(C(=O)OCC(=O)N2CCCc3cc([N+](=O)[O-])ccc32)c([N+](=O)[O-])cc1OC. The molecule has 1 heterocycles. The number of nitro groups is 2. The highest BCUT2D eigenvalue weighted by molar-refractivity contribution is 5.99. The second-order valence-corrected chi connectivity index (χ2v) is 6.78. The molecule has 0 saturated heterocycles. The Balaban J connectivity index is 1.78. The fraction of sp³-hybridized carbons (Fsp3) is 0.300. The Morgan fingerprint density at radius 1 is 1.03 bits per heavy atom. The molecule has 0 N–H and O–H groups in total. The molecule has 0 unspecified atom stereocenters. The van der Waals surface area contributed by atoms with E-state index in [2.05, 4.69) is 0 Å². The number of benzene rings is 2. The third-order valence-electron chi connectivity index (χ3n) is 4.94. The largest absolute Gasteiger partial charge is 0.493 e. The number of non-ortho nitro benzene ring substituents is 1. The van der Waals surface area contributed by atoms with E-state index in [1.807, 2.05) is 0 Å². The lowest BCUT2D eigenvalue weighted by Gasteiger charge is -2.29. The Hall–Kier alpha value is -4.22. The van der Waals surface area contributed by atoms with Gasteiger partial charge >= 0.3 is 5.97 Å². The lowest BCUT2D eigenvalue weighted by molar-refractivity contribution is -0.385. The summed E-state index contributed by atoms with van der Waals surface area (Å²) in [6.07, 6.45) is 1.15. The Labute approximate surface area is 181 Å². The van der Waals surface area contributed by atoms with Gasteiger partial charge in [-0.05, 0) is 24.5 Å². The molecule has 1 aliphatic heterocycles. The molecule has 12 nitrogen and oxygen atoms in total. The molecule has 3 rings (SSSR count). The molecule has 1 amide bonds. The van der Waals surface area contributed by atoms with Crippen LogP contribution in [0.5, 0.6) is 11.5 Å². The number of esters is 1. The first kappa shape index (κ1) is 22.5. The van der Waals surface area contributed by atoms with Crippen LogP contribution in [0, 0.1) is 20.2 Å². The van der Waals surface area contributed by atoms with Gasteiger partial charge in [0, 0.05) is 30.4 Å². The van der Waals surface area contributed by atoms with Crippen molar-refractivity contribution in [2.75, 3.05) is 32.3 Å². The summed E-state index contributed by atoms with van der Waals surface area (Å²) in [6, 6.07) is 6.33. The van der Waals surface area contributed by atoms with Gasteiger partial charge in [0.1, 0.15) is 5.56 Å². The van der Waals surface area contributed by atoms with Crippen molar-refractivity contribution in [3.05, 3.63) is 61.7 Å².